The van der Waals surface area contributed by atoms with Gasteiger partial charge in [0.2, 0.25) is 0 Å². The Morgan fingerprint density at radius 2 is 1.79 bits per heavy atom. The molecule has 0 bridgehead atoms. The van der Waals surface area contributed by atoms with Crippen LogP contribution >= 0.6 is 54.5 Å². The lowest BCUT2D eigenvalue weighted by Gasteiger charge is -2.10. The lowest BCUT2D eigenvalue weighted by molar-refractivity contribution is 0.102. The van der Waals surface area contributed by atoms with Crippen LogP contribution in [0.25, 0.3) is 0 Å². The van der Waals surface area contributed by atoms with Crippen molar-refractivity contribution in [2.45, 2.75) is 0 Å². The maximum absolute atomic E-state index is 12.3. The van der Waals surface area contributed by atoms with Gasteiger partial charge in [-0.05, 0) is 109 Å². The van der Waals surface area contributed by atoms with E-state index in [4.69, 9.17) is 4.74 Å². The molecule has 5 nitrogen and oxygen atoms in total. The number of carbonyl (C=O) groups is 1. The van der Waals surface area contributed by atoms with Crippen molar-refractivity contribution in [1.29, 1.82) is 0 Å². The van der Waals surface area contributed by atoms with Crippen molar-refractivity contribution in [1.82, 2.24) is 0 Å². The van der Waals surface area contributed by atoms with E-state index >= 15 is 0 Å². The van der Waals surface area contributed by atoms with E-state index in [0.29, 0.717) is 32.7 Å². The van der Waals surface area contributed by atoms with Crippen LogP contribution in [0, 0.1) is 3.57 Å². The van der Waals surface area contributed by atoms with E-state index in [-0.39, 0.29) is 11.7 Å². The molecule has 29 heavy (non-hydrogen) atoms. The Morgan fingerprint density at radius 3 is 2.41 bits per heavy atom. The van der Waals surface area contributed by atoms with E-state index in [9.17, 15) is 9.90 Å². The summed E-state index contributed by atoms with van der Waals surface area (Å²) < 4.78 is 7.64. The molecule has 0 saturated heterocycles. The Morgan fingerprint density at radius 1 is 1.14 bits per heavy atom. The van der Waals surface area contributed by atoms with E-state index in [1.807, 2.05) is 12.1 Å². The lowest BCUT2D eigenvalue weighted by Crippen LogP contribution is -2.11. The van der Waals surface area contributed by atoms with Crippen molar-refractivity contribution in [3.8, 4) is 11.5 Å². The number of anilines is 1. The van der Waals surface area contributed by atoms with Crippen LogP contribution < -0.4 is 10.1 Å². The molecular formula is C21H15Br2IN2O3. The van der Waals surface area contributed by atoms with Crippen molar-refractivity contribution in [3.63, 3.8) is 0 Å². The van der Waals surface area contributed by atoms with E-state index in [1.54, 1.807) is 48.7 Å². The van der Waals surface area contributed by atoms with E-state index in [1.165, 1.54) is 7.11 Å². The van der Waals surface area contributed by atoms with Gasteiger partial charge >= 0.3 is 0 Å². The molecule has 0 saturated carbocycles. The average Bonchev–Trinajstić information content (AvgIpc) is 2.72. The molecule has 0 atom stereocenters. The Balaban J connectivity index is 1.75. The zero-order valence-electron chi connectivity index (χ0n) is 15.1. The monoisotopic (exact) mass is 628 g/mol. The largest absolute Gasteiger partial charge is 0.504 e. The van der Waals surface area contributed by atoms with Crippen molar-refractivity contribution >= 4 is 77.9 Å². The summed E-state index contributed by atoms with van der Waals surface area (Å²) in [5.74, 6) is 0.163. The smallest absolute Gasteiger partial charge is 0.255 e. The number of benzene rings is 3. The van der Waals surface area contributed by atoms with Gasteiger partial charge in [-0.15, -0.1) is 0 Å². The predicted molar refractivity (Wildman–Crippen MR) is 131 cm³/mol. The molecule has 2 N–H and O–H groups in total. The van der Waals surface area contributed by atoms with Crippen molar-refractivity contribution in [3.05, 3.63) is 78.2 Å². The molecule has 148 valence electrons. The number of phenols is 1. The van der Waals surface area contributed by atoms with Gasteiger partial charge in [-0.1, -0.05) is 0 Å². The number of ether oxygens (including phenoxy) is 1. The van der Waals surface area contributed by atoms with Crippen LogP contribution in [0.2, 0.25) is 0 Å². The summed E-state index contributed by atoms with van der Waals surface area (Å²) in [6, 6.07) is 16.1. The Bertz CT molecular complexity index is 1070. The maximum Gasteiger partial charge on any atom is 0.255 e. The highest BCUT2D eigenvalue weighted by Gasteiger charge is 2.14. The van der Waals surface area contributed by atoms with Crippen molar-refractivity contribution in [2.24, 2.45) is 4.99 Å². The summed E-state index contributed by atoms with van der Waals surface area (Å²) in [5.41, 5.74) is 2.42. The number of halogens is 3. The molecule has 0 spiro atoms. The number of methoxy groups -OCH3 is 1. The van der Waals surface area contributed by atoms with Crippen LogP contribution in [0.4, 0.5) is 11.4 Å². The quantitative estimate of drug-likeness (QED) is 0.249. The topological polar surface area (TPSA) is 70.9 Å². The van der Waals surface area contributed by atoms with Gasteiger partial charge in [0.05, 0.1) is 18.4 Å². The predicted octanol–water partition coefficient (Wildman–Crippen LogP) is 6.53. The van der Waals surface area contributed by atoms with E-state index in [2.05, 4.69) is 64.8 Å². The Kier molecular flexibility index (Phi) is 7.31. The van der Waals surface area contributed by atoms with Gasteiger partial charge in [0.1, 0.15) is 0 Å². The standard InChI is InChI=1S/C21H15Br2IN2O3/c1-29-18-10-17(22)19(23)16(20(18)27)11-25-14-6-8-15(9-7-14)26-21(28)12-2-4-13(24)5-3-12/h2-11,27H,1H3,(H,26,28). The average molecular weight is 630 g/mol. The summed E-state index contributed by atoms with van der Waals surface area (Å²) in [4.78, 5) is 16.7. The Hall–Kier alpha value is -1.91. The lowest BCUT2D eigenvalue weighted by atomic mass is 10.2. The highest BCUT2D eigenvalue weighted by atomic mass is 127. The summed E-state index contributed by atoms with van der Waals surface area (Å²) in [6.45, 7) is 0. The second-order valence-corrected chi connectivity index (χ2v) is 8.80. The zero-order valence-corrected chi connectivity index (χ0v) is 20.4. The number of aliphatic imine (C=N–C) groups is 1. The number of nitrogens with one attached hydrogen (secondary N) is 1. The third kappa shape index (κ3) is 5.37. The van der Waals surface area contributed by atoms with Crippen LogP contribution in [0.1, 0.15) is 15.9 Å². The van der Waals surface area contributed by atoms with E-state index in [0.717, 1.165) is 8.04 Å². The highest BCUT2D eigenvalue weighted by molar-refractivity contribution is 14.1. The van der Waals surface area contributed by atoms with Gasteiger partial charge in [0, 0.05) is 30.0 Å². The van der Waals surface area contributed by atoms with Gasteiger partial charge in [0.25, 0.3) is 5.91 Å². The number of nitrogens with zero attached hydrogens (tertiary/aromatic N) is 1. The molecule has 0 heterocycles. The number of hydrogen-bond donors (Lipinski definition) is 2. The Labute approximate surface area is 198 Å². The summed E-state index contributed by atoms with van der Waals surface area (Å²) >= 11 is 9.04. The minimum Gasteiger partial charge on any atom is -0.504 e. The number of aromatic hydroxyl groups is 1. The normalized spacial score (nSPS) is 10.9. The molecule has 0 radical (unpaired) electrons. The first-order valence-electron chi connectivity index (χ1n) is 8.35. The first kappa shape index (κ1) is 21.8. The molecule has 1 amide bonds. The maximum atomic E-state index is 12.3. The minimum atomic E-state index is -0.173. The minimum absolute atomic E-state index is 0.00673. The fraction of sp³-hybridized carbons (Fsp3) is 0.0476. The highest BCUT2D eigenvalue weighted by Crippen LogP contribution is 2.39. The number of hydrogen-bond acceptors (Lipinski definition) is 4. The third-order valence-corrected chi connectivity index (χ3v) is 6.72. The number of rotatable bonds is 5. The zero-order chi connectivity index (χ0) is 21.0. The third-order valence-electron chi connectivity index (χ3n) is 3.99. The molecule has 0 aliphatic heterocycles. The first-order chi connectivity index (χ1) is 13.9. The number of carbonyl (C=O) groups excluding carboxylic acids is 1. The van der Waals surface area contributed by atoms with Crippen LogP contribution in [-0.4, -0.2) is 24.3 Å². The first-order valence-corrected chi connectivity index (χ1v) is 11.0. The summed E-state index contributed by atoms with van der Waals surface area (Å²) in [6.07, 6.45) is 1.55. The van der Waals surface area contributed by atoms with Gasteiger partial charge in [-0.25, -0.2) is 0 Å². The SMILES string of the molecule is COc1cc(Br)c(Br)c(C=Nc2ccc(NC(=O)c3ccc(I)cc3)cc2)c1O. The van der Waals surface area contributed by atoms with Gasteiger partial charge in [-0.3, -0.25) is 9.79 Å². The van der Waals surface area contributed by atoms with E-state index < -0.39 is 0 Å². The van der Waals surface area contributed by atoms with Gasteiger partial charge in [-0.2, -0.15) is 0 Å². The molecule has 0 unspecified atom stereocenters. The fourth-order valence-corrected chi connectivity index (χ4v) is 3.65. The molecule has 0 aliphatic carbocycles. The second kappa shape index (κ2) is 9.73. The van der Waals surface area contributed by atoms with Gasteiger partial charge in [0.15, 0.2) is 11.5 Å². The molecule has 8 heteroatoms. The number of amides is 1. The molecule has 0 aromatic heterocycles. The van der Waals surface area contributed by atoms with Crippen LogP contribution in [0.5, 0.6) is 11.5 Å². The molecule has 0 aliphatic rings. The molecular weight excluding hydrogens is 615 g/mol. The molecule has 3 aromatic rings. The molecule has 0 fully saturated rings. The summed E-state index contributed by atoms with van der Waals surface area (Å²) in [7, 11) is 1.49. The van der Waals surface area contributed by atoms with Crippen LogP contribution in [-0.2, 0) is 0 Å². The van der Waals surface area contributed by atoms with Crippen LogP contribution in [0.15, 0.2) is 68.5 Å². The van der Waals surface area contributed by atoms with Gasteiger partial charge < -0.3 is 15.2 Å². The molecule has 3 aromatic carbocycles. The fourth-order valence-electron chi connectivity index (χ4n) is 2.46. The van der Waals surface area contributed by atoms with Crippen molar-refractivity contribution in [2.75, 3.05) is 12.4 Å². The second-order valence-electron chi connectivity index (χ2n) is 5.90. The van der Waals surface area contributed by atoms with Crippen molar-refractivity contribution < 1.29 is 14.6 Å². The number of phenolic OH excluding ortho intramolecular Hbond substituents is 1. The molecule has 3 rings (SSSR count). The van der Waals surface area contributed by atoms with Crippen LogP contribution in [0.3, 0.4) is 0 Å². The summed E-state index contributed by atoms with van der Waals surface area (Å²) in [5, 5.41) is 13.2.